The number of benzene rings is 2. The number of amides is 1. The molecule has 0 aliphatic heterocycles. The van der Waals surface area contributed by atoms with Gasteiger partial charge in [-0.3, -0.25) is 14.4 Å². The fourth-order valence-electron chi connectivity index (χ4n) is 2.94. The van der Waals surface area contributed by atoms with Gasteiger partial charge in [-0.2, -0.15) is 5.10 Å². The number of halogens is 1. The van der Waals surface area contributed by atoms with E-state index in [9.17, 15) is 9.18 Å². The summed E-state index contributed by atoms with van der Waals surface area (Å²) in [4.78, 5) is 19.3. The van der Waals surface area contributed by atoms with Gasteiger partial charge >= 0.3 is 0 Å². The van der Waals surface area contributed by atoms with Gasteiger partial charge in [0.15, 0.2) is 5.13 Å². The van der Waals surface area contributed by atoms with Gasteiger partial charge in [0.05, 0.1) is 23.2 Å². The molecule has 0 aliphatic carbocycles. The van der Waals surface area contributed by atoms with E-state index in [-0.39, 0.29) is 18.1 Å². The van der Waals surface area contributed by atoms with Crippen molar-refractivity contribution in [3.8, 4) is 0 Å². The van der Waals surface area contributed by atoms with E-state index >= 15 is 0 Å². The molecule has 0 N–H and O–H groups in total. The predicted octanol–water partition coefficient (Wildman–Crippen LogP) is 4.22. The van der Waals surface area contributed by atoms with E-state index in [1.165, 1.54) is 23.5 Å². The molecule has 2 aromatic heterocycles. The molecule has 4 rings (SSSR count). The Morgan fingerprint density at radius 2 is 2.04 bits per heavy atom. The molecule has 0 unspecified atom stereocenters. The molecule has 5 nitrogen and oxygen atoms in total. The summed E-state index contributed by atoms with van der Waals surface area (Å²) in [5.41, 5.74) is 2.79. The second-order valence-electron chi connectivity index (χ2n) is 6.59. The molecule has 0 fully saturated rings. The Balaban J connectivity index is 1.61. The van der Waals surface area contributed by atoms with Crippen LogP contribution in [0.2, 0.25) is 0 Å². The van der Waals surface area contributed by atoms with Crippen molar-refractivity contribution in [2.45, 2.75) is 19.9 Å². The van der Waals surface area contributed by atoms with Gasteiger partial charge in [-0.15, -0.1) is 0 Å². The number of carbonyl (C=O) groups is 1. The standard InChI is InChI=1S/C21H19FN4OS/c1-15-3-5-16(6-4-15)13-20(27)26(12-11-25-10-2-9-23-25)21-24-18-8-7-17(22)14-19(18)28-21/h2-10,14H,11-13H2,1H3. The van der Waals surface area contributed by atoms with E-state index < -0.39 is 0 Å². The normalized spacial score (nSPS) is 11.1. The lowest BCUT2D eigenvalue weighted by Gasteiger charge is -2.20. The van der Waals surface area contributed by atoms with Gasteiger partial charge < -0.3 is 0 Å². The molecule has 7 heteroatoms. The first-order chi connectivity index (χ1) is 13.6. The van der Waals surface area contributed by atoms with Gasteiger partial charge in [0, 0.05) is 18.9 Å². The van der Waals surface area contributed by atoms with Crippen LogP contribution in [0.5, 0.6) is 0 Å². The Morgan fingerprint density at radius 3 is 2.79 bits per heavy atom. The second-order valence-corrected chi connectivity index (χ2v) is 7.59. The van der Waals surface area contributed by atoms with E-state index in [0.29, 0.717) is 23.7 Å². The largest absolute Gasteiger partial charge is 0.286 e. The number of hydrogen-bond acceptors (Lipinski definition) is 4. The second kappa shape index (κ2) is 7.90. The zero-order valence-corrected chi connectivity index (χ0v) is 16.2. The lowest BCUT2D eigenvalue weighted by molar-refractivity contribution is -0.118. The molecule has 0 saturated heterocycles. The maximum Gasteiger partial charge on any atom is 0.233 e. The summed E-state index contributed by atoms with van der Waals surface area (Å²) in [7, 11) is 0. The third-order valence-electron chi connectivity index (χ3n) is 4.46. The molecule has 1 amide bonds. The van der Waals surface area contributed by atoms with E-state index in [1.807, 2.05) is 43.5 Å². The average molecular weight is 394 g/mol. The van der Waals surface area contributed by atoms with Crippen molar-refractivity contribution >= 4 is 32.6 Å². The molecule has 0 bridgehead atoms. The zero-order valence-electron chi connectivity index (χ0n) is 15.4. The van der Waals surface area contributed by atoms with Crippen LogP contribution < -0.4 is 4.90 Å². The number of anilines is 1. The number of rotatable bonds is 6. The minimum Gasteiger partial charge on any atom is -0.286 e. The van der Waals surface area contributed by atoms with Crippen LogP contribution in [0, 0.1) is 12.7 Å². The fourth-order valence-corrected chi connectivity index (χ4v) is 3.97. The highest BCUT2D eigenvalue weighted by atomic mass is 32.1. The quantitative estimate of drug-likeness (QED) is 0.492. The summed E-state index contributed by atoms with van der Waals surface area (Å²) >= 11 is 1.32. The average Bonchev–Trinajstić information content (AvgIpc) is 3.33. The molecule has 2 heterocycles. The van der Waals surface area contributed by atoms with Gasteiger partial charge in [-0.1, -0.05) is 41.2 Å². The minimum absolute atomic E-state index is 0.0458. The maximum atomic E-state index is 13.5. The third-order valence-corrected chi connectivity index (χ3v) is 5.50. The van der Waals surface area contributed by atoms with Crippen LogP contribution >= 0.6 is 11.3 Å². The predicted molar refractivity (Wildman–Crippen MR) is 109 cm³/mol. The van der Waals surface area contributed by atoms with Crippen molar-refractivity contribution in [3.63, 3.8) is 0 Å². The Bertz CT molecular complexity index is 1090. The van der Waals surface area contributed by atoms with Gasteiger partial charge in [0.2, 0.25) is 5.91 Å². The first-order valence-corrected chi connectivity index (χ1v) is 9.79. The first-order valence-electron chi connectivity index (χ1n) is 8.98. The van der Waals surface area contributed by atoms with Crippen LogP contribution in [0.1, 0.15) is 11.1 Å². The Labute approximate surface area is 166 Å². The molecule has 2 aromatic carbocycles. The molecule has 0 radical (unpaired) electrons. The van der Waals surface area contributed by atoms with Gasteiger partial charge in [-0.05, 0) is 36.8 Å². The van der Waals surface area contributed by atoms with Crippen molar-refractivity contribution in [1.29, 1.82) is 0 Å². The molecule has 0 saturated carbocycles. The van der Waals surface area contributed by atoms with Crippen LogP contribution in [-0.4, -0.2) is 27.2 Å². The highest BCUT2D eigenvalue weighted by molar-refractivity contribution is 7.22. The van der Waals surface area contributed by atoms with Crippen molar-refractivity contribution < 1.29 is 9.18 Å². The van der Waals surface area contributed by atoms with Crippen LogP contribution in [0.3, 0.4) is 0 Å². The number of fused-ring (bicyclic) bond motifs is 1. The SMILES string of the molecule is Cc1ccc(CC(=O)N(CCn2cccn2)c2nc3ccc(F)cc3s2)cc1. The molecule has 0 spiro atoms. The number of nitrogens with zero attached hydrogens (tertiary/aromatic N) is 4. The Hall–Kier alpha value is -3.06. The summed E-state index contributed by atoms with van der Waals surface area (Å²) in [6, 6.07) is 14.2. The van der Waals surface area contributed by atoms with E-state index in [4.69, 9.17) is 0 Å². The number of aromatic nitrogens is 3. The maximum absolute atomic E-state index is 13.5. The summed E-state index contributed by atoms with van der Waals surface area (Å²) in [5.74, 6) is -0.354. The highest BCUT2D eigenvalue weighted by Crippen LogP contribution is 2.30. The first kappa shape index (κ1) is 18.3. The van der Waals surface area contributed by atoms with E-state index in [1.54, 1.807) is 21.8 Å². The van der Waals surface area contributed by atoms with Crippen LogP contribution in [0.25, 0.3) is 10.2 Å². The van der Waals surface area contributed by atoms with E-state index in [0.717, 1.165) is 15.8 Å². The molecular weight excluding hydrogens is 375 g/mol. The lowest BCUT2D eigenvalue weighted by Crippen LogP contribution is -2.35. The molecule has 0 aliphatic rings. The number of aryl methyl sites for hydroxylation is 1. The van der Waals surface area contributed by atoms with Crippen molar-refractivity contribution in [2.75, 3.05) is 11.4 Å². The number of hydrogen-bond donors (Lipinski definition) is 0. The molecule has 4 aromatic rings. The zero-order chi connectivity index (χ0) is 19.5. The summed E-state index contributed by atoms with van der Waals surface area (Å²) in [6.07, 6.45) is 3.85. The van der Waals surface area contributed by atoms with Gasteiger partial charge in [0.1, 0.15) is 5.82 Å². The van der Waals surface area contributed by atoms with Crippen LogP contribution in [-0.2, 0) is 17.8 Å². The van der Waals surface area contributed by atoms with Gasteiger partial charge in [0.25, 0.3) is 0 Å². The smallest absolute Gasteiger partial charge is 0.233 e. The monoisotopic (exact) mass is 394 g/mol. The topological polar surface area (TPSA) is 51.0 Å². The van der Waals surface area contributed by atoms with Crippen LogP contribution in [0.15, 0.2) is 60.9 Å². The summed E-state index contributed by atoms with van der Waals surface area (Å²) in [5, 5.41) is 4.78. The highest BCUT2D eigenvalue weighted by Gasteiger charge is 2.20. The Kier molecular flexibility index (Phi) is 5.16. The molecule has 0 atom stereocenters. The van der Waals surface area contributed by atoms with E-state index in [2.05, 4.69) is 10.1 Å². The fraction of sp³-hybridized carbons (Fsp3) is 0.190. The van der Waals surface area contributed by atoms with Crippen molar-refractivity contribution in [1.82, 2.24) is 14.8 Å². The lowest BCUT2D eigenvalue weighted by atomic mass is 10.1. The number of thiazole rings is 1. The third kappa shape index (κ3) is 4.09. The minimum atomic E-state index is -0.309. The molecule has 28 heavy (non-hydrogen) atoms. The summed E-state index contributed by atoms with van der Waals surface area (Å²) in [6.45, 7) is 3.01. The Morgan fingerprint density at radius 1 is 1.21 bits per heavy atom. The number of carbonyl (C=O) groups excluding carboxylic acids is 1. The van der Waals surface area contributed by atoms with Crippen LogP contribution in [0.4, 0.5) is 9.52 Å². The van der Waals surface area contributed by atoms with Crippen molar-refractivity contribution in [2.24, 2.45) is 0 Å². The molecular formula is C21H19FN4OS. The summed E-state index contributed by atoms with van der Waals surface area (Å²) < 4.78 is 16.0. The molecule has 142 valence electrons. The van der Waals surface area contributed by atoms with Gasteiger partial charge in [-0.25, -0.2) is 9.37 Å². The van der Waals surface area contributed by atoms with Crippen molar-refractivity contribution in [3.05, 3.63) is 77.9 Å².